The second-order valence-electron chi connectivity index (χ2n) is 7.94. The summed E-state index contributed by atoms with van der Waals surface area (Å²) in [4.78, 5) is 44.9. The van der Waals surface area contributed by atoms with Gasteiger partial charge in [-0.1, -0.05) is 18.9 Å². The molecule has 144 valence electrons. The fourth-order valence-electron chi connectivity index (χ4n) is 4.99. The van der Waals surface area contributed by atoms with E-state index in [1.54, 1.807) is 16.0 Å². The number of amides is 2. The maximum absolute atomic E-state index is 13.2. The predicted molar refractivity (Wildman–Crippen MR) is 96.4 cm³/mol. The van der Waals surface area contributed by atoms with Crippen molar-refractivity contribution in [3.63, 3.8) is 0 Å². The fraction of sp³-hybridized carbons (Fsp3) is 0.600. The summed E-state index contributed by atoms with van der Waals surface area (Å²) >= 11 is 0. The van der Waals surface area contributed by atoms with Gasteiger partial charge in [-0.25, -0.2) is 4.79 Å². The van der Waals surface area contributed by atoms with Crippen LogP contribution < -0.4 is 0 Å². The van der Waals surface area contributed by atoms with Crippen molar-refractivity contribution >= 4 is 17.8 Å². The molecule has 1 aromatic rings. The van der Waals surface area contributed by atoms with Crippen LogP contribution in [0.2, 0.25) is 0 Å². The van der Waals surface area contributed by atoms with E-state index in [1.807, 2.05) is 18.2 Å². The smallest absolute Gasteiger partial charge is 0.326 e. The number of carbonyl (C=O) groups excluding carboxylic acids is 2. The third kappa shape index (κ3) is 3.42. The van der Waals surface area contributed by atoms with Crippen LogP contribution in [0.4, 0.5) is 0 Å². The molecule has 1 N–H and O–H groups in total. The molecule has 1 saturated carbocycles. The van der Waals surface area contributed by atoms with Crippen LogP contribution in [0.5, 0.6) is 0 Å². The van der Waals surface area contributed by atoms with Gasteiger partial charge in [-0.05, 0) is 37.3 Å². The highest BCUT2D eigenvalue weighted by Crippen LogP contribution is 2.41. The van der Waals surface area contributed by atoms with Crippen LogP contribution in [0.25, 0.3) is 0 Å². The molecule has 3 aliphatic rings. The average Bonchev–Trinajstić information content (AvgIpc) is 3.23. The van der Waals surface area contributed by atoms with Crippen molar-refractivity contribution in [1.82, 2.24) is 14.8 Å². The van der Waals surface area contributed by atoms with Crippen molar-refractivity contribution in [1.29, 1.82) is 0 Å². The standard InChI is InChI=1S/C20H25N3O4/c24-18-10-14(11-22(18)12-15-6-3-4-8-21-15)19(25)23-16-7-2-1-5-13(16)9-17(23)20(26)27/h3-4,6,8,13-14,16-17H,1-2,5,7,9-12H2,(H,26,27)/t13-,14-,16+,17-/m0/s1. The number of likely N-dealkylation sites (tertiary alicyclic amines) is 2. The van der Waals surface area contributed by atoms with E-state index in [0.717, 1.165) is 31.4 Å². The summed E-state index contributed by atoms with van der Waals surface area (Å²) in [6.45, 7) is 0.729. The molecule has 0 unspecified atom stereocenters. The summed E-state index contributed by atoms with van der Waals surface area (Å²) in [5.41, 5.74) is 0.788. The van der Waals surface area contributed by atoms with Gasteiger partial charge in [0.05, 0.1) is 18.2 Å². The Morgan fingerprint density at radius 2 is 2.04 bits per heavy atom. The molecule has 0 bridgehead atoms. The second-order valence-corrected chi connectivity index (χ2v) is 7.94. The zero-order valence-corrected chi connectivity index (χ0v) is 15.3. The number of fused-ring (bicyclic) bond motifs is 1. The van der Waals surface area contributed by atoms with Crippen molar-refractivity contribution in [3.05, 3.63) is 30.1 Å². The Kier molecular flexibility index (Phi) is 4.85. The number of aromatic nitrogens is 1. The van der Waals surface area contributed by atoms with Gasteiger partial charge in [-0.2, -0.15) is 0 Å². The number of rotatable bonds is 4. The van der Waals surface area contributed by atoms with E-state index < -0.39 is 17.9 Å². The van der Waals surface area contributed by atoms with E-state index in [0.29, 0.717) is 19.5 Å². The van der Waals surface area contributed by atoms with Crippen LogP contribution in [0.15, 0.2) is 24.4 Å². The molecule has 0 aromatic carbocycles. The maximum Gasteiger partial charge on any atom is 0.326 e. The van der Waals surface area contributed by atoms with Gasteiger partial charge in [-0.15, -0.1) is 0 Å². The van der Waals surface area contributed by atoms with Crippen molar-refractivity contribution in [2.24, 2.45) is 11.8 Å². The summed E-state index contributed by atoms with van der Waals surface area (Å²) in [7, 11) is 0. The number of hydrogen-bond donors (Lipinski definition) is 1. The SMILES string of the molecule is O=C(O)[C@@H]1C[C@@H]2CCCC[C@H]2N1C(=O)[C@H]1CC(=O)N(Cc2ccccn2)C1. The Morgan fingerprint density at radius 1 is 1.22 bits per heavy atom. The lowest BCUT2D eigenvalue weighted by atomic mass is 9.84. The lowest BCUT2D eigenvalue weighted by molar-refractivity contribution is -0.151. The van der Waals surface area contributed by atoms with Crippen LogP contribution in [0.3, 0.4) is 0 Å². The van der Waals surface area contributed by atoms with E-state index in [1.165, 1.54) is 0 Å². The molecule has 7 nitrogen and oxygen atoms in total. The highest BCUT2D eigenvalue weighted by molar-refractivity contribution is 5.92. The van der Waals surface area contributed by atoms with E-state index >= 15 is 0 Å². The van der Waals surface area contributed by atoms with Gasteiger partial charge in [0.15, 0.2) is 0 Å². The van der Waals surface area contributed by atoms with Crippen LogP contribution in [0.1, 0.15) is 44.2 Å². The average molecular weight is 371 g/mol. The third-order valence-corrected chi connectivity index (χ3v) is 6.27. The van der Waals surface area contributed by atoms with E-state index in [4.69, 9.17) is 0 Å². The van der Waals surface area contributed by atoms with Gasteiger partial charge < -0.3 is 14.9 Å². The first kappa shape index (κ1) is 17.9. The van der Waals surface area contributed by atoms with Crippen LogP contribution >= 0.6 is 0 Å². The minimum absolute atomic E-state index is 0.0206. The zero-order chi connectivity index (χ0) is 19.0. The van der Waals surface area contributed by atoms with E-state index in [2.05, 4.69) is 4.98 Å². The monoisotopic (exact) mass is 371 g/mol. The summed E-state index contributed by atoms with van der Waals surface area (Å²) in [6, 6.07) is 4.83. The molecule has 1 aliphatic carbocycles. The molecule has 0 radical (unpaired) electrons. The first-order valence-corrected chi connectivity index (χ1v) is 9.77. The molecule has 2 saturated heterocycles. The van der Waals surface area contributed by atoms with E-state index in [9.17, 15) is 19.5 Å². The number of hydrogen-bond acceptors (Lipinski definition) is 4. The number of aliphatic carboxylic acids is 1. The summed E-state index contributed by atoms with van der Waals surface area (Å²) < 4.78 is 0. The lowest BCUT2D eigenvalue weighted by Gasteiger charge is -2.34. The van der Waals surface area contributed by atoms with Crippen molar-refractivity contribution in [3.8, 4) is 0 Å². The van der Waals surface area contributed by atoms with Gasteiger partial charge in [0.2, 0.25) is 11.8 Å². The summed E-state index contributed by atoms with van der Waals surface area (Å²) in [5, 5.41) is 9.64. The van der Waals surface area contributed by atoms with Crippen LogP contribution in [-0.2, 0) is 20.9 Å². The van der Waals surface area contributed by atoms with Gasteiger partial charge >= 0.3 is 5.97 Å². The molecule has 27 heavy (non-hydrogen) atoms. The Hall–Kier alpha value is -2.44. The highest BCUT2D eigenvalue weighted by atomic mass is 16.4. The molecule has 1 aromatic heterocycles. The fourth-order valence-corrected chi connectivity index (χ4v) is 4.99. The predicted octanol–water partition coefficient (Wildman–Crippen LogP) is 1.67. The third-order valence-electron chi connectivity index (χ3n) is 6.27. The summed E-state index contributed by atoms with van der Waals surface area (Å²) in [6.07, 6.45) is 6.40. The lowest BCUT2D eigenvalue weighted by Crippen LogP contribution is -2.49. The van der Waals surface area contributed by atoms with Crippen molar-refractivity contribution in [2.75, 3.05) is 6.54 Å². The number of carboxylic acid groups (broad SMARTS) is 1. The molecule has 0 spiro atoms. The Bertz CT molecular complexity index is 738. The first-order valence-electron chi connectivity index (χ1n) is 9.77. The molecule has 3 fully saturated rings. The minimum atomic E-state index is -0.924. The largest absolute Gasteiger partial charge is 0.480 e. The molecule has 3 heterocycles. The number of nitrogens with zero attached hydrogens (tertiary/aromatic N) is 3. The molecular formula is C20H25N3O4. The summed E-state index contributed by atoms with van der Waals surface area (Å²) in [5.74, 6) is -1.32. The Balaban J connectivity index is 1.48. The van der Waals surface area contributed by atoms with Gasteiger partial charge in [0, 0.05) is 25.2 Å². The van der Waals surface area contributed by atoms with E-state index in [-0.39, 0.29) is 30.2 Å². The first-order chi connectivity index (χ1) is 13.0. The number of carboxylic acids is 1. The molecule has 2 aliphatic heterocycles. The molecule has 4 rings (SSSR count). The van der Waals surface area contributed by atoms with Gasteiger partial charge in [-0.3, -0.25) is 14.6 Å². The molecule has 7 heteroatoms. The number of pyridine rings is 1. The van der Waals surface area contributed by atoms with Crippen LogP contribution in [0, 0.1) is 11.8 Å². The second kappa shape index (κ2) is 7.29. The van der Waals surface area contributed by atoms with Crippen molar-refractivity contribution < 1.29 is 19.5 Å². The number of carbonyl (C=O) groups is 3. The van der Waals surface area contributed by atoms with Crippen molar-refractivity contribution in [2.45, 2.75) is 57.2 Å². The molecular weight excluding hydrogens is 346 g/mol. The van der Waals surface area contributed by atoms with Crippen LogP contribution in [-0.4, -0.2) is 56.3 Å². The highest BCUT2D eigenvalue weighted by Gasteiger charge is 2.50. The van der Waals surface area contributed by atoms with Gasteiger partial charge in [0.25, 0.3) is 0 Å². The molecule has 2 amide bonds. The minimum Gasteiger partial charge on any atom is -0.480 e. The Morgan fingerprint density at radius 3 is 2.78 bits per heavy atom. The Labute approximate surface area is 158 Å². The zero-order valence-electron chi connectivity index (χ0n) is 15.3. The topological polar surface area (TPSA) is 90.8 Å². The quantitative estimate of drug-likeness (QED) is 0.869. The molecule has 4 atom stereocenters. The van der Waals surface area contributed by atoms with Gasteiger partial charge in [0.1, 0.15) is 6.04 Å². The maximum atomic E-state index is 13.2. The normalized spacial score (nSPS) is 30.4.